The molecule has 0 saturated heterocycles. The molecule has 0 saturated carbocycles. The summed E-state index contributed by atoms with van der Waals surface area (Å²) in [5, 5.41) is 9.98. The fourth-order valence-corrected chi connectivity index (χ4v) is 2.12. The molecule has 146 valence electrons. The third kappa shape index (κ3) is 5.66. The minimum Gasteiger partial charge on any atom is -0.329 e. The molecule has 0 spiro atoms. The van der Waals surface area contributed by atoms with Crippen LogP contribution in [0.25, 0.3) is 0 Å². The third-order valence-electron chi connectivity index (χ3n) is 3.58. The lowest BCUT2D eigenvalue weighted by molar-refractivity contribution is 0.101. The van der Waals surface area contributed by atoms with Gasteiger partial charge in [-0.1, -0.05) is 19.1 Å². The summed E-state index contributed by atoms with van der Waals surface area (Å²) in [6.45, 7) is 1.85. The number of benzene rings is 1. The summed E-state index contributed by atoms with van der Waals surface area (Å²) < 4.78 is 26.9. The van der Waals surface area contributed by atoms with E-state index in [1.165, 1.54) is 24.4 Å². The van der Waals surface area contributed by atoms with Gasteiger partial charge in [-0.3, -0.25) is 9.59 Å². The number of pyridine rings is 2. The van der Waals surface area contributed by atoms with Crippen LogP contribution in [0.3, 0.4) is 0 Å². The number of carbonyl (C=O) groups is 1. The highest BCUT2D eigenvalue weighted by Crippen LogP contribution is 2.14. The van der Waals surface area contributed by atoms with E-state index in [9.17, 15) is 18.4 Å². The highest BCUT2D eigenvalue weighted by Gasteiger charge is 2.17. The average molecular weight is 386 g/mol. The number of H-pyrrole nitrogens is 1. The van der Waals surface area contributed by atoms with Gasteiger partial charge in [0, 0.05) is 31.2 Å². The van der Waals surface area contributed by atoms with E-state index in [1.807, 2.05) is 6.92 Å². The highest BCUT2D eigenvalue weighted by molar-refractivity contribution is 6.04. The molecule has 3 N–H and O–H groups in total. The number of anilines is 1. The van der Waals surface area contributed by atoms with Crippen molar-refractivity contribution in [2.45, 2.75) is 13.3 Å². The summed E-state index contributed by atoms with van der Waals surface area (Å²) >= 11 is 0. The minimum atomic E-state index is -0.933. The number of nitrogens with one attached hydrogen (secondary N) is 3. The van der Waals surface area contributed by atoms with Crippen molar-refractivity contribution in [3.8, 4) is 0 Å². The van der Waals surface area contributed by atoms with Crippen LogP contribution in [-0.4, -0.2) is 21.6 Å². The van der Waals surface area contributed by atoms with Gasteiger partial charge >= 0.3 is 0 Å². The molecule has 2 aromatic heterocycles. The Morgan fingerprint density at radius 1 is 1.14 bits per heavy atom. The van der Waals surface area contributed by atoms with Gasteiger partial charge in [-0.15, -0.1) is 0 Å². The predicted octanol–water partition coefficient (Wildman–Crippen LogP) is 4.01. The number of carbonyl (C=O) groups excluding carboxylic acids is 1. The van der Waals surface area contributed by atoms with Crippen molar-refractivity contribution in [2.75, 3.05) is 5.32 Å². The molecular formula is C20H20F2N4O2. The maximum Gasteiger partial charge on any atom is 0.262 e. The molecule has 0 atom stereocenters. The molecule has 0 radical (unpaired) electrons. The SMILES string of the molecule is CCC(=N)c1ccc(NC(=O)c2c(F)cccc2F)nc1.O=c1cccc[nH]1.[HH]. The van der Waals surface area contributed by atoms with Crippen LogP contribution in [0.5, 0.6) is 0 Å². The molecule has 2 heterocycles. The van der Waals surface area contributed by atoms with E-state index in [0.29, 0.717) is 17.7 Å². The number of nitrogens with zero attached hydrogens (tertiary/aromatic N) is 1. The third-order valence-corrected chi connectivity index (χ3v) is 3.58. The minimum absolute atomic E-state index is 0. The molecule has 1 amide bonds. The van der Waals surface area contributed by atoms with Crippen LogP contribution in [0.4, 0.5) is 14.6 Å². The Bertz CT molecular complexity index is 986. The highest BCUT2D eigenvalue weighted by atomic mass is 19.1. The van der Waals surface area contributed by atoms with Crippen molar-refractivity contribution < 1.29 is 15.0 Å². The van der Waals surface area contributed by atoms with E-state index in [4.69, 9.17) is 5.41 Å². The summed E-state index contributed by atoms with van der Waals surface area (Å²) in [4.78, 5) is 28.5. The summed E-state index contributed by atoms with van der Waals surface area (Å²) in [7, 11) is 0. The van der Waals surface area contributed by atoms with Crippen LogP contribution in [0, 0.1) is 17.0 Å². The number of aromatic amines is 1. The number of amides is 1. The van der Waals surface area contributed by atoms with Gasteiger partial charge < -0.3 is 15.7 Å². The lowest BCUT2D eigenvalue weighted by Crippen LogP contribution is -2.16. The van der Waals surface area contributed by atoms with E-state index in [1.54, 1.807) is 24.4 Å². The number of hydrogen-bond donors (Lipinski definition) is 3. The molecule has 0 fully saturated rings. The van der Waals surface area contributed by atoms with Crippen molar-refractivity contribution >= 4 is 17.4 Å². The Labute approximate surface area is 161 Å². The van der Waals surface area contributed by atoms with Crippen LogP contribution in [0.2, 0.25) is 0 Å². The number of hydrogen-bond acceptors (Lipinski definition) is 4. The Balaban J connectivity index is 0.000000445. The Kier molecular flexibility index (Phi) is 7.27. The summed E-state index contributed by atoms with van der Waals surface area (Å²) in [6.07, 6.45) is 3.59. The van der Waals surface area contributed by atoms with Crippen LogP contribution < -0.4 is 10.9 Å². The van der Waals surface area contributed by atoms with Gasteiger partial charge in [-0.25, -0.2) is 13.8 Å². The molecule has 0 aliphatic rings. The molecule has 0 unspecified atom stereocenters. The molecule has 28 heavy (non-hydrogen) atoms. The van der Waals surface area contributed by atoms with Gasteiger partial charge in [0.2, 0.25) is 5.56 Å². The van der Waals surface area contributed by atoms with Crippen molar-refractivity contribution in [1.29, 1.82) is 5.41 Å². The summed E-state index contributed by atoms with van der Waals surface area (Å²) in [5.41, 5.74) is 0.347. The number of halogens is 2. The zero-order valence-corrected chi connectivity index (χ0v) is 15.0. The van der Waals surface area contributed by atoms with Crippen LogP contribution >= 0.6 is 0 Å². The Morgan fingerprint density at radius 3 is 2.32 bits per heavy atom. The maximum absolute atomic E-state index is 13.5. The average Bonchev–Trinajstić information content (AvgIpc) is 2.69. The van der Waals surface area contributed by atoms with Crippen LogP contribution in [-0.2, 0) is 0 Å². The normalized spacial score (nSPS) is 9.82. The standard InChI is InChI=1S/C15H13F2N3O.C5H5NO.H2/c1-2-12(18)9-6-7-13(19-8-9)20-15(21)14-10(16)4-3-5-11(14)17;7-5-3-1-2-4-6-5;/h3-8,18H,2H2,1H3,(H,19,20,21);1-4H,(H,6,7);1H. The van der Waals surface area contributed by atoms with Gasteiger partial charge in [0.25, 0.3) is 5.91 Å². The maximum atomic E-state index is 13.5. The second-order valence-electron chi connectivity index (χ2n) is 5.54. The summed E-state index contributed by atoms with van der Waals surface area (Å²) in [6, 6.07) is 11.2. The van der Waals surface area contributed by atoms with Crippen molar-refractivity contribution in [3.05, 3.63) is 94.0 Å². The molecule has 0 aliphatic carbocycles. The molecule has 8 heteroatoms. The fraction of sp³-hybridized carbons (Fsp3) is 0.100. The Morgan fingerprint density at radius 2 is 1.86 bits per heavy atom. The summed E-state index contributed by atoms with van der Waals surface area (Å²) in [5.74, 6) is -2.61. The molecular weight excluding hydrogens is 366 g/mol. The monoisotopic (exact) mass is 386 g/mol. The molecule has 0 aliphatic heterocycles. The first-order chi connectivity index (χ1) is 13.4. The first-order valence-corrected chi connectivity index (χ1v) is 8.35. The fourth-order valence-electron chi connectivity index (χ4n) is 2.12. The quantitative estimate of drug-likeness (QED) is 0.591. The van der Waals surface area contributed by atoms with E-state index in [0.717, 1.165) is 12.1 Å². The zero-order valence-electron chi connectivity index (χ0n) is 15.0. The largest absolute Gasteiger partial charge is 0.329 e. The lowest BCUT2D eigenvalue weighted by atomic mass is 10.1. The van der Waals surface area contributed by atoms with Gasteiger partial charge in [0.05, 0.1) is 0 Å². The first-order valence-electron chi connectivity index (χ1n) is 8.35. The smallest absolute Gasteiger partial charge is 0.262 e. The van der Waals surface area contributed by atoms with Crippen molar-refractivity contribution in [1.82, 2.24) is 9.97 Å². The zero-order chi connectivity index (χ0) is 20.5. The van der Waals surface area contributed by atoms with E-state index in [-0.39, 0.29) is 12.8 Å². The van der Waals surface area contributed by atoms with Crippen LogP contribution in [0.15, 0.2) is 65.7 Å². The van der Waals surface area contributed by atoms with E-state index < -0.39 is 23.1 Å². The second-order valence-corrected chi connectivity index (χ2v) is 5.54. The van der Waals surface area contributed by atoms with Gasteiger partial charge in [0.1, 0.15) is 23.0 Å². The molecule has 0 bridgehead atoms. The van der Waals surface area contributed by atoms with Crippen LogP contribution in [0.1, 0.15) is 30.7 Å². The van der Waals surface area contributed by atoms with Gasteiger partial charge in [-0.05, 0) is 36.8 Å². The van der Waals surface area contributed by atoms with Crippen molar-refractivity contribution in [2.24, 2.45) is 0 Å². The van der Waals surface area contributed by atoms with Gasteiger partial charge in [0.15, 0.2) is 0 Å². The predicted molar refractivity (Wildman–Crippen MR) is 105 cm³/mol. The number of rotatable bonds is 4. The molecule has 3 aromatic rings. The lowest BCUT2D eigenvalue weighted by Gasteiger charge is -2.07. The first kappa shape index (κ1) is 20.6. The molecule has 3 rings (SSSR count). The van der Waals surface area contributed by atoms with E-state index in [2.05, 4.69) is 15.3 Å². The molecule has 1 aromatic carbocycles. The van der Waals surface area contributed by atoms with Gasteiger partial charge in [-0.2, -0.15) is 0 Å². The Hall–Kier alpha value is -3.68. The molecule has 6 nitrogen and oxygen atoms in total. The second kappa shape index (κ2) is 9.86. The van der Waals surface area contributed by atoms with E-state index >= 15 is 0 Å². The van der Waals surface area contributed by atoms with Crippen molar-refractivity contribution in [3.63, 3.8) is 0 Å². The number of aromatic nitrogens is 2. The topological polar surface area (TPSA) is 98.7 Å².